The van der Waals surface area contributed by atoms with Crippen LogP contribution in [0.2, 0.25) is 0 Å². The molecule has 50 heavy (non-hydrogen) atoms. The first-order valence-electron chi connectivity index (χ1n) is 14.9. The standard InChI is InChI=1S/C33H28F8N4O5/c1-16-11-21(32(36,37)38)26(30(47)44(16)2)19-7-6-17(28-20(19)5-4-8-42-28)12-24(31(48)49-3)43-29(46)27-22(34)13-18(14-23(27)35)45-9-10-50-15-25(45)33(39,40)41/h4-8,11,13-14,24-25H,9-10,12,15H2,1-3H3,(H,43,46). The van der Waals surface area contributed by atoms with E-state index in [9.17, 15) is 40.7 Å². The molecular weight excluding hydrogens is 684 g/mol. The molecule has 3 heterocycles. The van der Waals surface area contributed by atoms with Gasteiger partial charge in [-0.05, 0) is 42.3 Å². The van der Waals surface area contributed by atoms with E-state index in [4.69, 9.17) is 9.47 Å². The van der Waals surface area contributed by atoms with Crippen molar-refractivity contribution >= 4 is 28.5 Å². The lowest BCUT2D eigenvalue weighted by atomic mass is 9.93. The van der Waals surface area contributed by atoms with Gasteiger partial charge in [-0.3, -0.25) is 14.6 Å². The summed E-state index contributed by atoms with van der Waals surface area (Å²) in [4.78, 5) is 44.1. The molecule has 2 atom stereocenters. The summed E-state index contributed by atoms with van der Waals surface area (Å²) in [5, 5.41) is 2.27. The van der Waals surface area contributed by atoms with E-state index in [1.807, 2.05) is 0 Å². The Morgan fingerprint density at radius 1 is 1.08 bits per heavy atom. The lowest BCUT2D eigenvalue weighted by Crippen LogP contribution is -2.53. The molecule has 0 spiro atoms. The number of anilines is 1. The number of halogens is 8. The number of hydrogen-bond acceptors (Lipinski definition) is 7. The molecule has 266 valence electrons. The van der Waals surface area contributed by atoms with Crippen molar-refractivity contribution in [2.24, 2.45) is 7.05 Å². The fourth-order valence-corrected chi connectivity index (χ4v) is 5.83. The highest BCUT2D eigenvalue weighted by Gasteiger charge is 2.46. The van der Waals surface area contributed by atoms with Crippen LogP contribution < -0.4 is 15.8 Å². The lowest BCUT2D eigenvalue weighted by Gasteiger charge is -2.38. The van der Waals surface area contributed by atoms with E-state index in [0.717, 1.165) is 17.7 Å². The summed E-state index contributed by atoms with van der Waals surface area (Å²) in [5.74, 6) is -5.53. The molecule has 0 saturated carbocycles. The van der Waals surface area contributed by atoms with Gasteiger partial charge >= 0.3 is 18.3 Å². The van der Waals surface area contributed by atoms with Crippen molar-refractivity contribution in [2.45, 2.75) is 37.8 Å². The number of alkyl halides is 6. The molecular formula is C33H28F8N4O5. The van der Waals surface area contributed by atoms with Gasteiger partial charge in [-0.25, -0.2) is 13.6 Å². The smallest absolute Gasteiger partial charge is 0.417 e. The predicted molar refractivity (Wildman–Crippen MR) is 163 cm³/mol. The quantitative estimate of drug-likeness (QED) is 0.200. The van der Waals surface area contributed by atoms with Crippen molar-refractivity contribution in [1.29, 1.82) is 0 Å². The molecule has 0 radical (unpaired) electrons. The SMILES string of the molecule is COC(=O)C(Cc1ccc(-c2c(C(F)(F)F)cc(C)n(C)c2=O)c2cccnc12)NC(=O)c1c(F)cc(N2CCOCC2C(F)(F)F)cc1F. The largest absolute Gasteiger partial charge is 0.467 e. The molecule has 0 bridgehead atoms. The van der Waals surface area contributed by atoms with Crippen molar-refractivity contribution < 1.29 is 54.2 Å². The van der Waals surface area contributed by atoms with Crippen LogP contribution in [0.3, 0.4) is 0 Å². The van der Waals surface area contributed by atoms with Crippen molar-refractivity contribution in [3.05, 3.63) is 93.0 Å². The minimum absolute atomic E-state index is 0.0512. The second-order valence-corrected chi connectivity index (χ2v) is 11.5. The second-order valence-electron chi connectivity index (χ2n) is 11.5. The third-order valence-corrected chi connectivity index (χ3v) is 8.41. The van der Waals surface area contributed by atoms with Crippen LogP contribution in [0.5, 0.6) is 0 Å². The second kappa shape index (κ2) is 13.7. The Kier molecular flexibility index (Phi) is 9.92. The molecule has 1 N–H and O–H groups in total. The van der Waals surface area contributed by atoms with Gasteiger partial charge in [0.05, 0.1) is 37.0 Å². The van der Waals surface area contributed by atoms with Crippen LogP contribution in [0.25, 0.3) is 22.0 Å². The van der Waals surface area contributed by atoms with Crippen LogP contribution in [0.15, 0.2) is 53.5 Å². The molecule has 2 aromatic carbocycles. The Morgan fingerprint density at radius 3 is 2.38 bits per heavy atom. The van der Waals surface area contributed by atoms with Gasteiger partial charge in [0.25, 0.3) is 11.5 Å². The van der Waals surface area contributed by atoms with Gasteiger partial charge in [-0.1, -0.05) is 18.2 Å². The summed E-state index contributed by atoms with van der Waals surface area (Å²) in [7, 11) is 2.29. The molecule has 1 aliphatic heterocycles. The Balaban J connectivity index is 1.50. The van der Waals surface area contributed by atoms with Crippen molar-refractivity contribution in [3.63, 3.8) is 0 Å². The topological polar surface area (TPSA) is 103 Å². The maximum Gasteiger partial charge on any atom is 0.417 e. The van der Waals surface area contributed by atoms with E-state index in [1.54, 1.807) is 0 Å². The number of rotatable bonds is 7. The first-order valence-corrected chi connectivity index (χ1v) is 14.9. The van der Waals surface area contributed by atoms with Crippen LogP contribution >= 0.6 is 0 Å². The van der Waals surface area contributed by atoms with E-state index in [0.29, 0.717) is 17.0 Å². The summed E-state index contributed by atoms with van der Waals surface area (Å²) < 4.78 is 124. The number of nitrogens with one attached hydrogen (secondary N) is 1. The minimum Gasteiger partial charge on any atom is -0.467 e. The highest BCUT2D eigenvalue weighted by Crippen LogP contribution is 2.39. The number of esters is 1. The van der Waals surface area contributed by atoms with Crippen molar-refractivity contribution in [2.75, 3.05) is 31.8 Å². The number of methoxy groups -OCH3 is 1. The summed E-state index contributed by atoms with van der Waals surface area (Å²) in [5.41, 5.74) is -4.22. The maximum atomic E-state index is 15.2. The number of aromatic nitrogens is 2. The summed E-state index contributed by atoms with van der Waals surface area (Å²) in [6, 6.07) is 3.51. The van der Waals surface area contributed by atoms with Crippen molar-refractivity contribution in [3.8, 4) is 11.1 Å². The number of amides is 1. The number of benzene rings is 2. The molecule has 1 saturated heterocycles. The number of carbonyl (C=O) groups excluding carboxylic acids is 2. The average Bonchev–Trinajstić information content (AvgIpc) is 3.05. The van der Waals surface area contributed by atoms with Gasteiger partial charge in [0.1, 0.15) is 29.3 Å². The number of fused-ring (bicyclic) bond motifs is 1. The highest BCUT2D eigenvalue weighted by molar-refractivity contribution is 5.99. The van der Waals surface area contributed by atoms with Gasteiger partial charge in [0.15, 0.2) is 0 Å². The average molecular weight is 713 g/mol. The third-order valence-electron chi connectivity index (χ3n) is 8.41. The van der Waals surface area contributed by atoms with Crippen molar-refractivity contribution in [1.82, 2.24) is 14.9 Å². The number of hydrogen-bond donors (Lipinski definition) is 1. The van der Waals surface area contributed by atoms with Crippen LogP contribution in [0.4, 0.5) is 40.8 Å². The minimum atomic E-state index is -4.90. The highest BCUT2D eigenvalue weighted by atomic mass is 19.4. The predicted octanol–water partition coefficient (Wildman–Crippen LogP) is 5.49. The first kappa shape index (κ1) is 36.2. The molecule has 1 aliphatic rings. The van der Waals surface area contributed by atoms with Gasteiger partial charge < -0.3 is 24.3 Å². The Bertz CT molecular complexity index is 2010. The molecule has 2 aromatic heterocycles. The Morgan fingerprint density at radius 2 is 1.76 bits per heavy atom. The third kappa shape index (κ3) is 6.99. The number of aryl methyl sites for hydroxylation is 1. The normalized spacial score (nSPS) is 16.0. The van der Waals surface area contributed by atoms with E-state index in [2.05, 4.69) is 10.3 Å². The number of nitrogens with zero attached hydrogens (tertiary/aromatic N) is 3. The van der Waals surface area contributed by atoms with Gasteiger partial charge in [0, 0.05) is 43.0 Å². The zero-order chi connectivity index (χ0) is 36.7. The molecule has 5 rings (SSSR count). The fourth-order valence-electron chi connectivity index (χ4n) is 5.83. The van der Waals surface area contributed by atoms with Crippen LogP contribution in [0.1, 0.15) is 27.2 Å². The fraction of sp³-hybridized carbons (Fsp3) is 0.333. The molecule has 17 heteroatoms. The Hall–Kier alpha value is -5.06. The maximum absolute atomic E-state index is 15.2. The van der Waals surface area contributed by atoms with Crippen LogP contribution in [0, 0.1) is 18.6 Å². The van der Waals surface area contributed by atoms with E-state index in [-0.39, 0.29) is 40.9 Å². The van der Waals surface area contributed by atoms with Gasteiger partial charge in [-0.15, -0.1) is 0 Å². The van der Waals surface area contributed by atoms with Gasteiger partial charge in [0.2, 0.25) is 0 Å². The molecule has 1 fully saturated rings. The summed E-state index contributed by atoms with van der Waals surface area (Å²) in [6.07, 6.45) is -8.81. The molecule has 2 unspecified atom stereocenters. The first-order chi connectivity index (χ1) is 23.4. The number of ether oxygens (including phenoxy) is 2. The summed E-state index contributed by atoms with van der Waals surface area (Å²) >= 11 is 0. The number of morpholine rings is 1. The zero-order valence-electron chi connectivity index (χ0n) is 26.5. The van der Waals surface area contributed by atoms with E-state index in [1.165, 1.54) is 44.4 Å². The van der Waals surface area contributed by atoms with E-state index >= 15 is 8.78 Å². The summed E-state index contributed by atoms with van der Waals surface area (Å²) in [6.45, 7) is 0.0969. The number of pyridine rings is 2. The molecule has 9 nitrogen and oxygen atoms in total. The van der Waals surface area contributed by atoms with Crippen LogP contribution in [-0.4, -0.2) is 66.6 Å². The Labute approximate surface area is 278 Å². The molecule has 0 aliphatic carbocycles. The monoisotopic (exact) mass is 712 g/mol. The van der Waals surface area contributed by atoms with Crippen LogP contribution in [-0.2, 0) is 33.9 Å². The molecule has 4 aromatic rings. The van der Waals surface area contributed by atoms with E-state index < -0.39 is 88.9 Å². The molecule has 1 amide bonds. The zero-order valence-corrected chi connectivity index (χ0v) is 26.5. The lowest BCUT2D eigenvalue weighted by molar-refractivity contribution is -0.167. The van der Waals surface area contributed by atoms with Gasteiger partial charge in [-0.2, -0.15) is 26.3 Å². The number of carbonyl (C=O) groups is 2.